The van der Waals surface area contributed by atoms with Crippen molar-refractivity contribution in [2.24, 2.45) is 5.41 Å². The van der Waals surface area contributed by atoms with E-state index in [2.05, 4.69) is 12.2 Å². The lowest BCUT2D eigenvalue weighted by Gasteiger charge is -2.33. The Morgan fingerprint density at radius 2 is 1.95 bits per heavy atom. The molecule has 1 saturated heterocycles. The van der Waals surface area contributed by atoms with E-state index in [9.17, 15) is 9.59 Å². The lowest BCUT2D eigenvalue weighted by molar-refractivity contribution is -0.135. The molecule has 1 unspecified atom stereocenters. The molecule has 1 atom stereocenters. The molecule has 0 aromatic heterocycles. The monoisotopic (exact) mass is 268 g/mol. The van der Waals surface area contributed by atoms with Gasteiger partial charge >= 0.3 is 0 Å². The largest absolute Gasteiger partial charge is 0.356 e. The topological polar surface area (TPSA) is 49.4 Å². The zero-order valence-electron chi connectivity index (χ0n) is 12.8. The van der Waals surface area contributed by atoms with Crippen molar-refractivity contribution < 1.29 is 9.59 Å². The average Bonchev–Trinajstić information content (AvgIpc) is 2.33. The molecule has 1 fully saturated rings. The summed E-state index contributed by atoms with van der Waals surface area (Å²) >= 11 is 0. The van der Waals surface area contributed by atoms with Crippen LogP contribution in [0.2, 0.25) is 0 Å². The highest BCUT2D eigenvalue weighted by molar-refractivity contribution is 5.81. The first-order chi connectivity index (χ1) is 8.82. The van der Waals surface area contributed by atoms with Crippen LogP contribution in [0.15, 0.2) is 0 Å². The van der Waals surface area contributed by atoms with Crippen LogP contribution in [-0.2, 0) is 9.59 Å². The highest BCUT2D eigenvalue weighted by Crippen LogP contribution is 2.17. The van der Waals surface area contributed by atoms with Gasteiger partial charge < -0.3 is 10.2 Å². The fourth-order valence-corrected chi connectivity index (χ4v) is 2.32. The quantitative estimate of drug-likeness (QED) is 0.796. The van der Waals surface area contributed by atoms with Crippen LogP contribution in [-0.4, -0.2) is 35.8 Å². The first-order valence-electron chi connectivity index (χ1n) is 7.40. The SMILES string of the molecule is CC1CCCCN1C(=O)CCCNC(=O)C(C)(C)C. The third-order valence-corrected chi connectivity index (χ3v) is 3.66. The van der Waals surface area contributed by atoms with Crippen LogP contribution >= 0.6 is 0 Å². The standard InChI is InChI=1S/C15H28N2O2/c1-12-8-5-6-11-17(12)13(18)9-7-10-16-14(19)15(2,3)4/h12H,5-11H2,1-4H3,(H,16,19). The molecular weight excluding hydrogens is 240 g/mol. The maximum atomic E-state index is 12.1. The van der Waals surface area contributed by atoms with Gasteiger partial charge in [0, 0.05) is 31.0 Å². The van der Waals surface area contributed by atoms with Crippen molar-refractivity contribution >= 4 is 11.8 Å². The van der Waals surface area contributed by atoms with Crippen molar-refractivity contribution in [1.82, 2.24) is 10.2 Å². The van der Waals surface area contributed by atoms with E-state index in [4.69, 9.17) is 0 Å². The smallest absolute Gasteiger partial charge is 0.225 e. The van der Waals surface area contributed by atoms with Gasteiger partial charge in [-0.2, -0.15) is 0 Å². The highest BCUT2D eigenvalue weighted by Gasteiger charge is 2.23. The van der Waals surface area contributed by atoms with Gasteiger partial charge in [-0.25, -0.2) is 0 Å². The molecule has 19 heavy (non-hydrogen) atoms. The molecule has 0 aliphatic carbocycles. The normalized spacial score (nSPS) is 20.2. The number of nitrogens with zero attached hydrogens (tertiary/aromatic N) is 1. The molecule has 110 valence electrons. The molecule has 4 nitrogen and oxygen atoms in total. The van der Waals surface area contributed by atoms with Gasteiger partial charge in [-0.05, 0) is 32.6 Å². The Hall–Kier alpha value is -1.06. The Bertz CT molecular complexity index is 321. The average molecular weight is 268 g/mol. The molecule has 1 aliphatic rings. The third-order valence-electron chi connectivity index (χ3n) is 3.66. The molecule has 2 amide bonds. The van der Waals surface area contributed by atoms with Crippen LogP contribution in [0.5, 0.6) is 0 Å². The Morgan fingerprint density at radius 3 is 2.53 bits per heavy atom. The van der Waals surface area contributed by atoms with Crippen LogP contribution in [0.3, 0.4) is 0 Å². The van der Waals surface area contributed by atoms with Gasteiger partial charge in [-0.3, -0.25) is 9.59 Å². The third kappa shape index (κ3) is 5.21. The van der Waals surface area contributed by atoms with Crippen molar-refractivity contribution in [1.29, 1.82) is 0 Å². The predicted molar refractivity (Wildman–Crippen MR) is 76.7 cm³/mol. The van der Waals surface area contributed by atoms with Gasteiger partial charge in [0.1, 0.15) is 0 Å². The first-order valence-corrected chi connectivity index (χ1v) is 7.40. The lowest BCUT2D eigenvalue weighted by Crippen LogP contribution is -2.42. The molecule has 1 N–H and O–H groups in total. The first kappa shape index (κ1) is 16.0. The van der Waals surface area contributed by atoms with Gasteiger partial charge in [0.15, 0.2) is 0 Å². The summed E-state index contributed by atoms with van der Waals surface area (Å²) in [7, 11) is 0. The molecule has 1 aliphatic heterocycles. The van der Waals surface area contributed by atoms with E-state index in [0.717, 1.165) is 25.8 Å². The summed E-state index contributed by atoms with van der Waals surface area (Å²) in [4.78, 5) is 25.7. The van der Waals surface area contributed by atoms with Crippen molar-refractivity contribution in [2.75, 3.05) is 13.1 Å². The summed E-state index contributed by atoms with van der Waals surface area (Å²) in [6.07, 6.45) is 4.73. The van der Waals surface area contributed by atoms with Crippen molar-refractivity contribution in [3.05, 3.63) is 0 Å². The Kier molecular flexibility index (Phi) is 5.83. The Morgan fingerprint density at radius 1 is 1.26 bits per heavy atom. The molecule has 0 spiro atoms. The van der Waals surface area contributed by atoms with Crippen LogP contribution in [0.4, 0.5) is 0 Å². The summed E-state index contributed by atoms with van der Waals surface area (Å²) in [6.45, 7) is 9.28. The fourth-order valence-electron chi connectivity index (χ4n) is 2.32. The van der Waals surface area contributed by atoms with E-state index in [0.29, 0.717) is 19.0 Å². The van der Waals surface area contributed by atoms with Gasteiger partial charge in [-0.15, -0.1) is 0 Å². The summed E-state index contributed by atoms with van der Waals surface area (Å²) in [5.41, 5.74) is -0.356. The van der Waals surface area contributed by atoms with Gasteiger partial charge in [-0.1, -0.05) is 20.8 Å². The van der Waals surface area contributed by atoms with E-state index < -0.39 is 0 Å². The zero-order valence-corrected chi connectivity index (χ0v) is 12.8. The number of rotatable bonds is 4. The fraction of sp³-hybridized carbons (Fsp3) is 0.867. The number of carbonyl (C=O) groups is 2. The second-order valence-electron chi connectivity index (χ2n) is 6.54. The number of hydrogen-bond donors (Lipinski definition) is 1. The number of piperidine rings is 1. The maximum Gasteiger partial charge on any atom is 0.225 e. The Balaban J connectivity index is 2.22. The minimum absolute atomic E-state index is 0.0475. The van der Waals surface area contributed by atoms with Crippen LogP contribution in [0, 0.1) is 5.41 Å². The minimum Gasteiger partial charge on any atom is -0.356 e. The van der Waals surface area contributed by atoms with Crippen molar-refractivity contribution in [2.45, 2.75) is 65.8 Å². The molecule has 1 heterocycles. The van der Waals surface area contributed by atoms with Crippen LogP contribution < -0.4 is 5.32 Å². The van der Waals surface area contributed by atoms with Gasteiger partial charge in [0.2, 0.25) is 11.8 Å². The maximum absolute atomic E-state index is 12.1. The molecule has 0 radical (unpaired) electrons. The number of amides is 2. The second kappa shape index (κ2) is 6.92. The highest BCUT2D eigenvalue weighted by atomic mass is 16.2. The lowest BCUT2D eigenvalue weighted by atomic mass is 9.96. The predicted octanol–water partition coefficient (Wildman–Crippen LogP) is 2.33. The molecule has 0 saturated carbocycles. The molecule has 1 rings (SSSR count). The summed E-state index contributed by atoms with van der Waals surface area (Å²) in [5, 5.41) is 2.88. The molecule has 4 heteroatoms. The van der Waals surface area contributed by atoms with Gasteiger partial charge in [0.05, 0.1) is 0 Å². The Labute approximate surface area is 116 Å². The second-order valence-corrected chi connectivity index (χ2v) is 6.54. The van der Waals surface area contributed by atoms with Gasteiger partial charge in [0.25, 0.3) is 0 Å². The van der Waals surface area contributed by atoms with E-state index in [-0.39, 0.29) is 17.2 Å². The van der Waals surface area contributed by atoms with Crippen LogP contribution in [0.25, 0.3) is 0 Å². The molecule has 0 bridgehead atoms. The number of nitrogens with one attached hydrogen (secondary N) is 1. The minimum atomic E-state index is -0.356. The number of carbonyl (C=O) groups excluding carboxylic acids is 2. The van der Waals surface area contributed by atoms with E-state index >= 15 is 0 Å². The van der Waals surface area contributed by atoms with Crippen molar-refractivity contribution in [3.8, 4) is 0 Å². The van der Waals surface area contributed by atoms with E-state index in [1.54, 1.807) is 0 Å². The van der Waals surface area contributed by atoms with E-state index in [1.165, 1.54) is 6.42 Å². The zero-order chi connectivity index (χ0) is 14.5. The molecule has 0 aromatic rings. The van der Waals surface area contributed by atoms with E-state index in [1.807, 2.05) is 25.7 Å². The van der Waals surface area contributed by atoms with Crippen LogP contribution in [0.1, 0.15) is 59.8 Å². The summed E-state index contributed by atoms with van der Waals surface area (Å²) in [5.74, 6) is 0.281. The summed E-state index contributed by atoms with van der Waals surface area (Å²) in [6, 6.07) is 0.380. The molecular formula is C15H28N2O2. The van der Waals surface area contributed by atoms with Crippen molar-refractivity contribution in [3.63, 3.8) is 0 Å². The summed E-state index contributed by atoms with van der Waals surface area (Å²) < 4.78 is 0. The number of hydrogen-bond acceptors (Lipinski definition) is 2. The number of likely N-dealkylation sites (tertiary alicyclic amines) is 1. The molecule has 0 aromatic carbocycles.